The lowest BCUT2D eigenvalue weighted by Crippen LogP contribution is -2.05. The molecule has 3 nitrogen and oxygen atoms in total. The maximum Gasteiger partial charge on any atom is 0.244 e. The lowest BCUT2D eigenvalue weighted by Gasteiger charge is -1.91. The third-order valence-electron chi connectivity index (χ3n) is 1.53. The largest absolute Gasteiger partial charge is 0.273 e. The summed E-state index contributed by atoms with van der Waals surface area (Å²) in [5.41, 5.74) is 0.874. The fourth-order valence-electron chi connectivity index (χ4n) is 1.05. The molecule has 0 saturated carbocycles. The van der Waals surface area contributed by atoms with Crippen molar-refractivity contribution in [2.75, 3.05) is 0 Å². The van der Waals surface area contributed by atoms with Crippen LogP contribution < -0.4 is 0 Å². The van der Waals surface area contributed by atoms with Crippen molar-refractivity contribution in [2.45, 2.75) is 6.92 Å². The van der Waals surface area contributed by atoms with Crippen LogP contribution in [0.5, 0.6) is 0 Å². The molecule has 0 amide bonds. The molecule has 0 bridgehead atoms. The lowest BCUT2D eigenvalue weighted by atomic mass is 10.5. The molecule has 0 spiro atoms. The Hall–Kier alpha value is -0.680. The summed E-state index contributed by atoms with van der Waals surface area (Å²) in [6.07, 6.45) is 1.70. The van der Waals surface area contributed by atoms with E-state index in [-0.39, 0.29) is 5.91 Å². The van der Waals surface area contributed by atoms with E-state index < -0.39 is 0 Å². The van der Waals surface area contributed by atoms with Crippen LogP contribution in [0, 0.1) is 0 Å². The zero-order chi connectivity index (χ0) is 8.72. The molecule has 0 aliphatic carbocycles. The predicted molar refractivity (Wildman–Crippen MR) is 51.6 cm³/mol. The zero-order valence-electron chi connectivity index (χ0n) is 6.24. The summed E-state index contributed by atoms with van der Waals surface area (Å²) in [5, 5.41) is 3.95. The number of aromatic nitrogens is 2. The SMILES string of the molecule is CC(=O)n1ncc2sc(Br)cc21. The molecule has 0 unspecified atom stereocenters. The van der Waals surface area contributed by atoms with Crippen molar-refractivity contribution < 1.29 is 4.79 Å². The van der Waals surface area contributed by atoms with Crippen LogP contribution in [-0.2, 0) is 0 Å². The second kappa shape index (κ2) is 2.67. The molecule has 0 N–H and O–H groups in total. The smallest absolute Gasteiger partial charge is 0.244 e. The highest BCUT2D eigenvalue weighted by Crippen LogP contribution is 2.29. The summed E-state index contributed by atoms with van der Waals surface area (Å²) in [6, 6.07) is 1.90. The van der Waals surface area contributed by atoms with Crippen LogP contribution in [0.3, 0.4) is 0 Å². The van der Waals surface area contributed by atoms with Gasteiger partial charge in [-0.05, 0) is 22.0 Å². The minimum absolute atomic E-state index is 0.0599. The number of rotatable bonds is 0. The molecule has 0 radical (unpaired) electrons. The van der Waals surface area contributed by atoms with Crippen molar-refractivity contribution in [3.05, 3.63) is 16.0 Å². The molecule has 0 atom stereocenters. The number of carbonyl (C=O) groups is 1. The number of thiophene rings is 1. The van der Waals surface area contributed by atoms with E-state index in [4.69, 9.17) is 0 Å². The number of hydrogen-bond acceptors (Lipinski definition) is 3. The molecule has 0 saturated heterocycles. The van der Waals surface area contributed by atoms with E-state index in [0.717, 1.165) is 14.0 Å². The van der Waals surface area contributed by atoms with Crippen molar-refractivity contribution in [3.63, 3.8) is 0 Å². The fraction of sp³-hybridized carbons (Fsp3) is 0.143. The van der Waals surface area contributed by atoms with Gasteiger partial charge in [0.05, 0.1) is 20.2 Å². The average Bonchev–Trinajstić information content (AvgIpc) is 2.43. The minimum Gasteiger partial charge on any atom is -0.273 e. The Morgan fingerprint density at radius 1 is 1.75 bits per heavy atom. The van der Waals surface area contributed by atoms with Gasteiger partial charge in [-0.25, -0.2) is 0 Å². The van der Waals surface area contributed by atoms with Crippen LogP contribution in [0.1, 0.15) is 11.7 Å². The van der Waals surface area contributed by atoms with Gasteiger partial charge in [0, 0.05) is 6.92 Å². The first-order valence-electron chi connectivity index (χ1n) is 3.32. The van der Waals surface area contributed by atoms with Crippen LogP contribution >= 0.6 is 27.3 Å². The number of nitrogens with zero attached hydrogens (tertiary/aromatic N) is 2. The normalized spacial score (nSPS) is 10.8. The van der Waals surface area contributed by atoms with Crippen LogP contribution in [-0.4, -0.2) is 15.7 Å². The highest BCUT2D eigenvalue weighted by molar-refractivity contribution is 9.11. The van der Waals surface area contributed by atoms with Gasteiger partial charge in [0.25, 0.3) is 0 Å². The van der Waals surface area contributed by atoms with Crippen LogP contribution in [0.4, 0.5) is 0 Å². The number of halogens is 1. The summed E-state index contributed by atoms with van der Waals surface area (Å²) in [5.74, 6) is -0.0599. The monoisotopic (exact) mass is 244 g/mol. The fourth-order valence-corrected chi connectivity index (χ4v) is 2.52. The topological polar surface area (TPSA) is 34.9 Å². The Balaban J connectivity index is 2.76. The second-order valence-corrected chi connectivity index (χ2v) is 4.84. The van der Waals surface area contributed by atoms with Gasteiger partial charge in [-0.15, -0.1) is 11.3 Å². The van der Waals surface area contributed by atoms with E-state index >= 15 is 0 Å². The predicted octanol–water partition coefficient (Wildman–Crippen LogP) is 2.52. The van der Waals surface area contributed by atoms with Crippen LogP contribution in [0.25, 0.3) is 10.2 Å². The molecular formula is C7H5BrN2OS. The molecule has 0 aliphatic rings. The van der Waals surface area contributed by atoms with Crippen molar-refractivity contribution in [2.24, 2.45) is 0 Å². The van der Waals surface area contributed by atoms with E-state index in [0.29, 0.717) is 0 Å². The number of fused-ring (bicyclic) bond motifs is 1. The first-order valence-corrected chi connectivity index (χ1v) is 4.93. The third-order valence-corrected chi connectivity index (χ3v) is 3.09. The molecule has 62 valence electrons. The molecule has 0 aliphatic heterocycles. The van der Waals surface area contributed by atoms with E-state index in [1.165, 1.54) is 11.6 Å². The highest BCUT2D eigenvalue weighted by atomic mass is 79.9. The molecule has 12 heavy (non-hydrogen) atoms. The summed E-state index contributed by atoms with van der Waals surface area (Å²) >= 11 is 4.92. The summed E-state index contributed by atoms with van der Waals surface area (Å²) < 4.78 is 3.44. The maximum absolute atomic E-state index is 11.0. The second-order valence-electron chi connectivity index (χ2n) is 2.38. The van der Waals surface area contributed by atoms with E-state index in [9.17, 15) is 4.79 Å². The molecule has 5 heteroatoms. The van der Waals surface area contributed by atoms with E-state index in [1.807, 2.05) is 6.07 Å². The first-order chi connectivity index (χ1) is 5.68. The Kier molecular flexibility index (Phi) is 1.77. The molecule has 0 aromatic carbocycles. The van der Waals surface area contributed by atoms with Crippen molar-refractivity contribution in [1.29, 1.82) is 0 Å². The molecular weight excluding hydrogens is 240 g/mol. The Morgan fingerprint density at radius 3 is 3.17 bits per heavy atom. The first kappa shape index (κ1) is 7.94. The van der Waals surface area contributed by atoms with Gasteiger partial charge in [0.2, 0.25) is 5.91 Å². The Bertz CT molecular complexity index is 445. The van der Waals surface area contributed by atoms with Gasteiger partial charge in [0.1, 0.15) is 0 Å². The van der Waals surface area contributed by atoms with Gasteiger partial charge < -0.3 is 0 Å². The Labute approximate surface area is 81.1 Å². The van der Waals surface area contributed by atoms with E-state index in [2.05, 4.69) is 21.0 Å². The number of carbonyl (C=O) groups excluding carboxylic acids is 1. The quantitative estimate of drug-likeness (QED) is 0.714. The van der Waals surface area contributed by atoms with Crippen molar-refractivity contribution in [1.82, 2.24) is 9.78 Å². The van der Waals surface area contributed by atoms with Gasteiger partial charge in [-0.1, -0.05) is 0 Å². The van der Waals surface area contributed by atoms with E-state index in [1.54, 1.807) is 17.5 Å². The maximum atomic E-state index is 11.0. The van der Waals surface area contributed by atoms with Crippen LogP contribution in [0.15, 0.2) is 16.0 Å². The summed E-state index contributed by atoms with van der Waals surface area (Å²) in [7, 11) is 0. The zero-order valence-corrected chi connectivity index (χ0v) is 8.65. The molecule has 2 aromatic heterocycles. The summed E-state index contributed by atoms with van der Waals surface area (Å²) in [6.45, 7) is 1.50. The van der Waals surface area contributed by atoms with Gasteiger partial charge in [0.15, 0.2) is 0 Å². The molecule has 0 fully saturated rings. The third kappa shape index (κ3) is 1.09. The van der Waals surface area contributed by atoms with Crippen molar-refractivity contribution in [3.8, 4) is 0 Å². The average molecular weight is 245 g/mol. The van der Waals surface area contributed by atoms with Gasteiger partial charge in [-0.2, -0.15) is 9.78 Å². The van der Waals surface area contributed by atoms with Gasteiger partial charge >= 0.3 is 0 Å². The van der Waals surface area contributed by atoms with Crippen molar-refractivity contribution >= 4 is 43.4 Å². The summed E-state index contributed by atoms with van der Waals surface area (Å²) in [4.78, 5) is 11.0. The van der Waals surface area contributed by atoms with Gasteiger partial charge in [-0.3, -0.25) is 4.79 Å². The molecule has 2 heterocycles. The lowest BCUT2D eigenvalue weighted by molar-refractivity contribution is 0.0927. The molecule has 2 rings (SSSR count). The Morgan fingerprint density at radius 2 is 2.50 bits per heavy atom. The minimum atomic E-state index is -0.0599. The van der Waals surface area contributed by atoms with Crippen LogP contribution in [0.2, 0.25) is 0 Å². The molecule has 2 aromatic rings. The highest BCUT2D eigenvalue weighted by Gasteiger charge is 2.08. The standard InChI is InChI=1S/C7H5BrN2OS/c1-4(11)10-5-2-7(8)12-6(5)3-9-10/h2-3H,1H3. The number of hydrogen-bond donors (Lipinski definition) is 0.